The van der Waals surface area contributed by atoms with Crippen LogP contribution < -0.4 is 11.1 Å². The second-order valence-corrected chi connectivity index (χ2v) is 5.95. The first-order chi connectivity index (χ1) is 9.13. The number of hydrogen-bond acceptors (Lipinski definition) is 4. The number of halogens is 1. The van der Waals surface area contributed by atoms with Gasteiger partial charge in [-0.3, -0.25) is 0 Å². The number of benzene rings is 1. The van der Waals surface area contributed by atoms with Gasteiger partial charge in [-0.05, 0) is 37.5 Å². The summed E-state index contributed by atoms with van der Waals surface area (Å²) in [5, 5.41) is 3.76. The third kappa shape index (κ3) is 2.46. The lowest BCUT2D eigenvalue weighted by atomic mass is 10.2. The van der Waals surface area contributed by atoms with Crippen LogP contribution in [0.25, 0.3) is 0 Å². The minimum absolute atomic E-state index is 0.193. The zero-order valence-corrected chi connectivity index (χ0v) is 11.7. The fourth-order valence-electron chi connectivity index (χ4n) is 2.13. The predicted octanol–water partition coefficient (Wildman–Crippen LogP) is 3.15. The van der Waals surface area contributed by atoms with Crippen LogP contribution >= 0.6 is 23.6 Å². The van der Waals surface area contributed by atoms with Gasteiger partial charge in [-0.2, -0.15) is 0 Å². The Morgan fingerprint density at radius 1 is 1.42 bits per heavy atom. The first-order valence-corrected chi connectivity index (χ1v) is 7.21. The fourth-order valence-corrected chi connectivity index (χ4v) is 3.32. The number of aromatic nitrogens is 1. The van der Waals surface area contributed by atoms with Gasteiger partial charge in [-0.15, -0.1) is 11.3 Å². The molecule has 0 radical (unpaired) electrons. The van der Waals surface area contributed by atoms with E-state index in [1.54, 1.807) is 23.5 Å². The molecule has 1 aliphatic rings. The summed E-state index contributed by atoms with van der Waals surface area (Å²) < 4.78 is 13.9. The monoisotopic (exact) mass is 293 g/mol. The molecule has 1 aliphatic carbocycles. The summed E-state index contributed by atoms with van der Waals surface area (Å²) in [7, 11) is 0. The molecule has 3 N–H and O–H groups in total. The van der Waals surface area contributed by atoms with Gasteiger partial charge in [0.25, 0.3) is 0 Å². The molecule has 0 saturated heterocycles. The van der Waals surface area contributed by atoms with Crippen molar-refractivity contribution in [3.63, 3.8) is 0 Å². The maximum atomic E-state index is 13.9. The molecule has 1 aromatic carbocycles. The van der Waals surface area contributed by atoms with Crippen LogP contribution in [0.3, 0.4) is 0 Å². The van der Waals surface area contributed by atoms with Gasteiger partial charge in [0.05, 0.1) is 11.4 Å². The molecule has 0 unspecified atom stereocenters. The Morgan fingerprint density at radius 2 is 2.26 bits per heavy atom. The lowest BCUT2D eigenvalue weighted by Crippen LogP contribution is -2.09. The zero-order valence-electron chi connectivity index (χ0n) is 10.1. The number of nitrogens with one attached hydrogen (secondary N) is 1. The van der Waals surface area contributed by atoms with E-state index in [1.165, 1.54) is 17.4 Å². The van der Waals surface area contributed by atoms with Crippen LogP contribution in [0.2, 0.25) is 0 Å². The molecule has 3 nitrogen and oxygen atoms in total. The molecule has 1 aromatic heterocycles. The molecule has 3 rings (SSSR count). The van der Waals surface area contributed by atoms with Gasteiger partial charge < -0.3 is 11.1 Å². The standard InChI is InChI=1S/C13H12FN3S2/c14-8-6-7(12(15)18)4-5-9(8)16-13-17-10-2-1-3-11(10)19-13/h4-6H,1-3H2,(H2,15,18)(H,16,17). The highest BCUT2D eigenvalue weighted by molar-refractivity contribution is 7.80. The summed E-state index contributed by atoms with van der Waals surface area (Å²) in [6.07, 6.45) is 3.28. The molecular weight excluding hydrogens is 281 g/mol. The Bertz CT molecular complexity index is 630. The van der Waals surface area contributed by atoms with Crippen molar-refractivity contribution in [2.45, 2.75) is 19.3 Å². The Balaban J connectivity index is 1.84. The number of thiocarbonyl (C=S) groups is 1. The summed E-state index contributed by atoms with van der Waals surface area (Å²) in [4.78, 5) is 5.98. The van der Waals surface area contributed by atoms with Gasteiger partial charge in [-0.1, -0.05) is 12.2 Å². The summed E-state index contributed by atoms with van der Waals surface area (Å²) in [5.74, 6) is -0.374. The molecule has 0 aliphatic heterocycles. The molecule has 0 spiro atoms. The van der Waals surface area contributed by atoms with Crippen molar-refractivity contribution >= 4 is 39.4 Å². The quantitative estimate of drug-likeness (QED) is 0.854. The van der Waals surface area contributed by atoms with E-state index in [9.17, 15) is 4.39 Å². The topological polar surface area (TPSA) is 50.9 Å². The lowest BCUT2D eigenvalue weighted by Gasteiger charge is -2.06. The van der Waals surface area contributed by atoms with E-state index in [2.05, 4.69) is 10.3 Å². The van der Waals surface area contributed by atoms with Gasteiger partial charge in [0.15, 0.2) is 5.13 Å². The Morgan fingerprint density at radius 3 is 2.95 bits per heavy atom. The van der Waals surface area contributed by atoms with Crippen molar-refractivity contribution in [1.29, 1.82) is 0 Å². The Kier molecular flexibility index (Phi) is 3.20. The van der Waals surface area contributed by atoms with E-state index in [1.807, 2.05) is 0 Å². The fraction of sp³-hybridized carbons (Fsp3) is 0.231. The van der Waals surface area contributed by atoms with Crippen LogP contribution in [0.4, 0.5) is 15.2 Å². The van der Waals surface area contributed by atoms with Crippen LogP contribution in [0.5, 0.6) is 0 Å². The first kappa shape index (κ1) is 12.5. The smallest absolute Gasteiger partial charge is 0.187 e. The van der Waals surface area contributed by atoms with Crippen LogP contribution in [0.15, 0.2) is 18.2 Å². The van der Waals surface area contributed by atoms with Crippen LogP contribution in [-0.2, 0) is 12.8 Å². The molecule has 19 heavy (non-hydrogen) atoms. The zero-order chi connectivity index (χ0) is 13.4. The van der Waals surface area contributed by atoms with Crippen molar-refractivity contribution in [2.24, 2.45) is 5.73 Å². The highest BCUT2D eigenvalue weighted by atomic mass is 32.1. The van der Waals surface area contributed by atoms with Gasteiger partial charge in [0.1, 0.15) is 10.8 Å². The van der Waals surface area contributed by atoms with Crippen LogP contribution in [0, 0.1) is 5.82 Å². The third-order valence-corrected chi connectivity index (χ3v) is 4.40. The second kappa shape index (κ2) is 4.86. The van der Waals surface area contributed by atoms with E-state index < -0.39 is 0 Å². The van der Waals surface area contributed by atoms with Gasteiger partial charge in [-0.25, -0.2) is 9.37 Å². The van der Waals surface area contributed by atoms with Crippen molar-refractivity contribution in [2.75, 3.05) is 5.32 Å². The number of fused-ring (bicyclic) bond motifs is 1. The number of aryl methyl sites for hydroxylation is 2. The molecule has 1 heterocycles. The van der Waals surface area contributed by atoms with E-state index >= 15 is 0 Å². The second-order valence-electron chi connectivity index (χ2n) is 4.43. The van der Waals surface area contributed by atoms with Gasteiger partial charge in [0.2, 0.25) is 0 Å². The Hall–Kier alpha value is -1.53. The molecule has 0 amide bonds. The number of nitrogens with two attached hydrogens (primary N) is 1. The molecule has 0 fully saturated rings. The highest BCUT2D eigenvalue weighted by Crippen LogP contribution is 2.32. The largest absolute Gasteiger partial charge is 0.389 e. The van der Waals surface area contributed by atoms with Gasteiger partial charge >= 0.3 is 0 Å². The number of nitrogens with zero attached hydrogens (tertiary/aromatic N) is 1. The lowest BCUT2D eigenvalue weighted by molar-refractivity contribution is 0.631. The molecule has 2 aromatic rings. The molecule has 0 bridgehead atoms. The maximum Gasteiger partial charge on any atom is 0.187 e. The average molecular weight is 293 g/mol. The SMILES string of the molecule is NC(=S)c1ccc(Nc2nc3c(s2)CCC3)c(F)c1. The Labute approximate surface area is 119 Å². The summed E-state index contributed by atoms with van der Waals surface area (Å²) in [6.45, 7) is 0. The van der Waals surface area contributed by atoms with Crippen molar-refractivity contribution in [3.05, 3.63) is 40.2 Å². The predicted molar refractivity (Wildman–Crippen MR) is 79.7 cm³/mol. The van der Waals surface area contributed by atoms with Crippen LogP contribution in [-0.4, -0.2) is 9.97 Å². The van der Waals surface area contributed by atoms with Crippen molar-refractivity contribution in [1.82, 2.24) is 4.98 Å². The maximum absolute atomic E-state index is 13.9. The number of rotatable bonds is 3. The molecule has 0 saturated carbocycles. The first-order valence-electron chi connectivity index (χ1n) is 5.98. The van der Waals surface area contributed by atoms with E-state index in [0.29, 0.717) is 11.3 Å². The van der Waals surface area contributed by atoms with E-state index in [-0.39, 0.29) is 10.8 Å². The third-order valence-electron chi connectivity index (χ3n) is 3.09. The molecule has 6 heteroatoms. The van der Waals surface area contributed by atoms with Gasteiger partial charge in [0, 0.05) is 10.4 Å². The van der Waals surface area contributed by atoms with Crippen molar-refractivity contribution in [3.8, 4) is 0 Å². The normalized spacial score (nSPS) is 13.3. The summed E-state index contributed by atoms with van der Waals surface area (Å²) in [6, 6.07) is 4.68. The van der Waals surface area contributed by atoms with E-state index in [0.717, 1.165) is 23.7 Å². The molecule has 0 atom stereocenters. The minimum atomic E-state index is -0.374. The summed E-state index contributed by atoms with van der Waals surface area (Å²) in [5.41, 5.74) is 7.54. The number of thiazole rings is 1. The van der Waals surface area contributed by atoms with Crippen LogP contribution in [0.1, 0.15) is 22.6 Å². The van der Waals surface area contributed by atoms with E-state index in [4.69, 9.17) is 18.0 Å². The number of hydrogen-bond donors (Lipinski definition) is 2. The number of anilines is 2. The van der Waals surface area contributed by atoms with Crippen molar-refractivity contribution < 1.29 is 4.39 Å². The minimum Gasteiger partial charge on any atom is -0.389 e. The highest BCUT2D eigenvalue weighted by Gasteiger charge is 2.17. The molecular formula is C13H12FN3S2. The summed E-state index contributed by atoms with van der Waals surface area (Å²) >= 11 is 6.42. The molecule has 98 valence electrons. The average Bonchev–Trinajstić information content (AvgIpc) is 2.92.